The molecule has 0 amide bonds. The molecule has 4 nitrogen and oxygen atoms in total. The minimum atomic E-state index is -0.202. The second-order valence-electron chi connectivity index (χ2n) is 4.44. The van der Waals surface area contributed by atoms with E-state index in [1.807, 2.05) is 24.3 Å². The van der Waals surface area contributed by atoms with Gasteiger partial charge in [-0.3, -0.25) is 0 Å². The van der Waals surface area contributed by atoms with Crippen LogP contribution >= 0.6 is 0 Å². The quantitative estimate of drug-likeness (QED) is 0.844. The van der Waals surface area contributed by atoms with Crippen LogP contribution in [0.4, 0.5) is 0 Å². The Labute approximate surface area is 102 Å². The fourth-order valence-electron chi connectivity index (χ4n) is 1.86. The largest absolute Gasteiger partial charge is 0.497 e. The van der Waals surface area contributed by atoms with E-state index >= 15 is 0 Å². The highest BCUT2D eigenvalue weighted by molar-refractivity contribution is 5.31. The molecule has 1 fully saturated rings. The van der Waals surface area contributed by atoms with Crippen LogP contribution in [0.25, 0.3) is 0 Å². The Bertz CT molecular complexity index is 344. The van der Waals surface area contributed by atoms with Gasteiger partial charge in [-0.1, -0.05) is 0 Å². The van der Waals surface area contributed by atoms with Gasteiger partial charge in [-0.25, -0.2) is 0 Å². The van der Waals surface area contributed by atoms with Crippen molar-refractivity contribution in [3.8, 4) is 11.5 Å². The summed E-state index contributed by atoms with van der Waals surface area (Å²) < 4.78 is 16.0. The zero-order chi connectivity index (χ0) is 12.1. The van der Waals surface area contributed by atoms with E-state index in [1.165, 1.54) is 0 Å². The van der Waals surface area contributed by atoms with Crippen molar-refractivity contribution in [3.05, 3.63) is 24.3 Å². The van der Waals surface area contributed by atoms with Crippen molar-refractivity contribution in [3.63, 3.8) is 0 Å². The molecule has 1 aliphatic rings. The Morgan fingerprint density at radius 2 is 2.00 bits per heavy atom. The first kappa shape index (κ1) is 12.2. The zero-order valence-electron chi connectivity index (χ0n) is 10.1. The van der Waals surface area contributed by atoms with Crippen molar-refractivity contribution >= 4 is 0 Å². The van der Waals surface area contributed by atoms with Crippen LogP contribution in [-0.4, -0.2) is 32.5 Å². The van der Waals surface area contributed by atoms with E-state index in [2.05, 4.69) is 0 Å². The van der Waals surface area contributed by atoms with E-state index < -0.39 is 0 Å². The molecule has 0 aromatic heterocycles. The van der Waals surface area contributed by atoms with Crippen LogP contribution in [0.15, 0.2) is 24.3 Å². The molecular weight excluding hydrogens is 218 g/mol. The molecule has 1 unspecified atom stereocenters. The molecule has 0 bridgehead atoms. The second kappa shape index (κ2) is 5.38. The highest BCUT2D eigenvalue weighted by atomic mass is 16.5. The first-order valence-corrected chi connectivity index (χ1v) is 5.85. The molecule has 2 N–H and O–H groups in total. The number of rotatable bonds is 5. The van der Waals surface area contributed by atoms with Gasteiger partial charge in [0.05, 0.1) is 20.3 Å². The Balaban J connectivity index is 1.77. The fraction of sp³-hybridized carbons (Fsp3) is 0.538. The van der Waals surface area contributed by atoms with Crippen molar-refractivity contribution in [2.75, 3.05) is 26.9 Å². The standard InChI is InChI=1S/C13H19NO3/c1-15-11-2-4-12(5-3-11)17-9-7-13(14)6-8-16-10-13/h2-5H,6-10,14H2,1H3. The van der Waals surface area contributed by atoms with Gasteiger partial charge in [0.15, 0.2) is 0 Å². The van der Waals surface area contributed by atoms with E-state index in [-0.39, 0.29) is 5.54 Å². The number of methoxy groups -OCH3 is 1. The molecule has 1 aromatic carbocycles. The lowest BCUT2D eigenvalue weighted by Gasteiger charge is -2.21. The predicted octanol–water partition coefficient (Wildman–Crippen LogP) is 1.58. The van der Waals surface area contributed by atoms with Gasteiger partial charge >= 0.3 is 0 Å². The van der Waals surface area contributed by atoms with Gasteiger partial charge < -0.3 is 19.9 Å². The number of hydrogen-bond donors (Lipinski definition) is 1. The van der Waals surface area contributed by atoms with E-state index in [4.69, 9.17) is 19.9 Å². The molecule has 1 aliphatic heterocycles. The van der Waals surface area contributed by atoms with Crippen molar-refractivity contribution in [2.24, 2.45) is 5.73 Å². The minimum Gasteiger partial charge on any atom is -0.497 e. The van der Waals surface area contributed by atoms with Crippen LogP contribution in [0.3, 0.4) is 0 Å². The van der Waals surface area contributed by atoms with Crippen LogP contribution in [0.2, 0.25) is 0 Å². The molecule has 1 aromatic rings. The normalized spacial score (nSPS) is 23.6. The summed E-state index contributed by atoms with van der Waals surface area (Å²) in [5.41, 5.74) is 5.94. The summed E-state index contributed by atoms with van der Waals surface area (Å²) in [7, 11) is 1.65. The summed E-state index contributed by atoms with van der Waals surface area (Å²) in [6.45, 7) is 2.02. The Hall–Kier alpha value is -1.26. The van der Waals surface area contributed by atoms with Crippen LogP contribution in [0.5, 0.6) is 11.5 Å². The fourth-order valence-corrected chi connectivity index (χ4v) is 1.86. The molecular formula is C13H19NO3. The van der Waals surface area contributed by atoms with E-state index in [1.54, 1.807) is 7.11 Å². The van der Waals surface area contributed by atoms with Crippen LogP contribution in [0, 0.1) is 0 Å². The third-order valence-electron chi connectivity index (χ3n) is 3.06. The maximum Gasteiger partial charge on any atom is 0.119 e. The molecule has 17 heavy (non-hydrogen) atoms. The molecule has 94 valence electrons. The topological polar surface area (TPSA) is 53.7 Å². The molecule has 0 aliphatic carbocycles. The van der Waals surface area contributed by atoms with Crippen LogP contribution < -0.4 is 15.2 Å². The monoisotopic (exact) mass is 237 g/mol. The van der Waals surface area contributed by atoms with Crippen molar-refractivity contribution in [2.45, 2.75) is 18.4 Å². The molecule has 4 heteroatoms. The number of hydrogen-bond acceptors (Lipinski definition) is 4. The van der Waals surface area contributed by atoms with Gasteiger partial charge in [-0.2, -0.15) is 0 Å². The average Bonchev–Trinajstić information content (AvgIpc) is 2.77. The van der Waals surface area contributed by atoms with Gasteiger partial charge in [-0.15, -0.1) is 0 Å². The second-order valence-corrected chi connectivity index (χ2v) is 4.44. The van der Waals surface area contributed by atoms with Crippen LogP contribution in [-0.2, 0) is 4.74 Å². The van der Waals surface area contributed by atoms with E-state index in [0.29, 0.717) is 13.2 Å². The van der Waals surface area contributed by atoms with Gasteiger partial charge in [0.2, 0.25) is 0 Å². The lowest BCUT2D eigenvalue weighted by molar-refractivity contribution is 0.167. The molecule has 1 atom stereocenters. The molecule has 1 heterocycles. The van der Waals surface area contributed by atoms with Crippen LogP contribution in [0.1, 0.15) is 12.8 Å². The van der Waals surface area contributed by atoms with Crippen molar-refractivity contribution in [1.82, 2.24) is 0 Å². The maximum atomic E-state index is 6.14. The Morgan fingerprint density at radius 3 is 2.59 bits per heavy atom. The minimum absolute atomic E-state index is 0.202. The first-order chi connectivity index (χ1) is 8.22. The zero-order valence-corrected chi connectivity index (χ0v) is 10.1. The number of nitrogens with two attached hydrogens (primary N) is 1. The van der Waals surface area contributed by atoms with Crippen molar-refractivity contribution in [1.29, 1.82) is 0 Å². The Morgan fingerprint density at radius 1 is 1.29 bits per heavy atom. The molecule has 0 spiro atoms. The molecule has 0 radical (unpaired) electrons. The first-order valence-electron chi connectivity index (χ1n) is 5.85. The summed E-state index contributed by atoms with van der Waals surface area (Å²) in [5.74, 6) is 1.67. The number of ether oxygens (including phenoxy) is 3. The van der Waals surface area contributed by atoms with E-state index in [0.717, 1.165) is 30.9 Å². The third-order valence-corrected chi connectivity index (χ3v) is 3.06. The van der Waals surface area contributed by atoms with E-state index in [9.17, 15) is 0 Å². The molecule has 0 saturated carbocycles. The summed E-state index contributed by atoms with van der Waals surface area (Å²) in [6, 6.07) is 7.55. The summed E-state index contributed by atoms with van der Waals surface area (Å²) >= 11 is 0. The number of benzene rings is 1. The highest BCUT2D eigenvalue weighted by Gasteiger charge is 2.29. The predicted molar refractivity (Wildman–Crippen MR) is 65.5 cm³/mol. The average molecular weight is 237 g/mol. The molecule has 1 saturated heterocycles. The SMILES string of the molecule is COc1ccc(OCCC2(N)CCOC2)cc1. The van der Waals surface area contributed by atoms with Crippen molar-refractivity contribution < 1.29 is 14.2 Å². The third kappa shape index (κ3) is 3.35. The highest BCUT2D eigenvalue weighted by Crippen LogP contribution is 2.21. The Kier molecular flexibility index (Phi) is 3.86. The molecule has 2 rings (SSSR count). The van der Waals surface area contributed by atoms with Gasteiger partial charge in [0.1, 0.15) is 11.5 Å². The summed E-state index contributed by atoms with van der Waals surface area (Å²) in [6.07, 6.45) is 1.73. The smallest absolute Gasteiger partial charge is 0.119 e. The summed E-state index contributed by atoms with van der Waals surface area (Å²) in [5, 5.41) is 0. The van der Waals surface area contributed by atoms with Gasteiger partial charge in [-0.05, 0) is 30.7 Å². The van der Waals surface area contributed by atoms with Gasteiger partial charge in [0.25, 0.3) is 0 Å². The lowest BCUT2D eigenvalue weighted by Crippen LogP contribution is -2.41. The van der Waals surface area contributed by atoms with Gasteiger partial charge in [0, 0.05) is 18.6 Å². The summed E-state index contributed by atoms with van der Waals surface area (Å²) in [4.78, 5) is 0. The lowest BCUT2D eigenvalue weighted by atomic mass is 9.97. The maximum absolute atomic E-state index is 6.14.